The number of guanidine groups is 1. The summed E-state index contributed by atoms with van der Waals surface area (Å²) in [6, 6.07) is 14.2. The molecule has 150 valence electrons. The van der Waals surface area contributed by atoms with Crippen molar-refractivity contribution >= 4 is 21.7 Å². The van der Waals surface area contributed by atoms with E-state index in [0.717, 1.165) is 11.1 Å². The van der Waals surface area contributed by atoms with E-state index >= 15 is 0 Å². The van der Waals surface area contributed by atoms with Crippen LogP contribution in [-0.4, -0.2) is 52.6 Å². The van der Waals surface area contributed by atoms with Gasteiger partial charge >= 0.3 is 0 Å². The van der Waals surface area contributed by atoms with Crippen LogP contribution in [0.3, 0.4) is 0 Å². The maximum Gasteiger partial charge on any atom is 0.253 e. The minimum Gasteiger partial charge on any atom is -0.352 e. The summed E-state index contributed by atoms with van der Waals surface area (Å²) in [5.41, 5.74) is 2.62. The van der Waals surface area contributed by atoms with E-state index in [-0.39, 0.29) is 5.91 Å². The predicted octanol–water partition coefficient (Wildman–Crippen LogP) is 1.66. The summed E-state index contributed by atoms with van der Waals surface area (Å²) in [5, 5.41) is 6.40. The molecular formula is C20H26N4O3S. The Labute approximate surface area is 166 Å². The highest BCUT2D eigenvalue weighted by Gasteiger charge is 2.08. The molecule has 0 spiro atoms. The first-order valence-electron chi connectivity index (χ1n) is 8.75. The van der Waals surface area contributed by atoms with Crippen molar-refractivity contribution in [2.45, 2.75) is 18.0 Å². The van der Waals surface area contributed by atoms with Gasteiger partial charge in [-0.1, -0.05) is 24.3 Å². The third kappa shape index (κ3) is 6.09. The van der Waals surface area contributed by atoms with Gasteiger partial charge < -0.3 is 15.5 Å². The zero-order chi connectivity index (χ0) is 20.7. The third-order valence-electron chi connectivity index (χ3n) is 4.10. The highest BCUT2D eigenvalue weighted by molar-refractivity contribution is 7.90. The van der Waals surface area contributed by atoms with Crippen LogP contribution < -0.4 is 10.6 Å². The van der Waals surface area contributed by atoms with Gasteiger partial charge in [0.1, 0.15) is 0 Å². The van der Waals surface area contributed by atoms with E-state index in [1.165, 1.54) is 6.26 Å². The second-order valence-electron chi connectivity index (χ2n) is 6.59. The van der Waals surface area contributed by atoms with Gasteiger partial charge in [0, 0.05) is 46.1 Å². The maximum absolute atomic E-state index is 11.9. The van der Waals surface area contributed by atoms with Crippen LogP contribution in [0, 0.1) is 0 Å². The smallest absolute Gasteiger partial charge is 0.253 e. The molecule has 0 fully saturated rings. The van der Waals surface area contributed by atoms with Crippen LogP contribution in [0.2, 0.25) is 0 Å². The molecule has 8 heteroatoms. The van der Waals surface area contributed by atoms with Crippen LogP contribution in [0.15, 0.2) is 58.4 Å². The predicted molar refractivity (Wildman–Crippen MR) is 111 cm³/mol. The molecule has 0 aromatic heterocycles. The zero-order valence-corrected chi connectivity index (χ0v) is 17.4. The van der Waals surface area contributed by atoms with Crippen molar-refractivity contribution < 1.29 is 13.2 Å². The van der Waals surface area contributed by atoms with Crippen molar-refractivity contribution in [1.29, 1.82) is 0 Å². The van der Waals surface area contributed by atoms with Gasteiger partial charge in [0.2, 0.25) is 0 Å². The van der Waals surface area contributed by atoms with Gasteiger partial charge in [0.05, 0.1) is 4.90 Å². The summed E-state index contributed by atoms with van der Waals surface area (Å²) in [4.78, 5) is 17.9. The van der Waals surface area contributed by atoms with Gasteiger partial charge in [-0.2, -0.15) is 0 Å². The number of nitrogens with one attached hydrogen (secondary N) is 2. The monoisotopic (exact) mass is 402 g/mol. The molecule has 2 N–H and O–H groups in total. The average molecular weight is 403 g/mol. The number of benzene rings is 2. The van der Waals surface area contributed by atoms with Crippen LogP contribution >= 0.6 is 0 Å². The molecule has 0 aliphatic rings. The van der Waals surface area contributed by atoms with E-state index < -0.39 is 9.84 Å². The number of sulfone groups is 1. The first-order chi connectivity index (χ1) is 13.2. The Morgan fingerprint density at radius 2 is 1.39 bits per heavy atom. The second kappa shape index (κ2) is 9.36. The fraction of sp³-hybridized carbons (Fsp3) is 0.300. The lowest BCUT2D eigenvalue weighted by molar-refractivity contribution is 0.0827. The number of amides is 1. The molecule has 0 bridgehead atoms. The fourth-order valence-corrected chi connectivity index (χ4v) is 3.10. The van der Waals surface area contributed by atoms with Crippen molar-refractivity contribution in [3.63, 3.8) is 0 Å². The zero-order valence-electron chi connectivity index (χ0n) is 16.6. The van der Waals surface area contributed by atoms with Crippen LogP contribution in [0.1, 0.15) is 21.5 Å². The fourth-order valence-electron chi connectivity index (χ4n) is 2.47. The van der Waals surface area contributed by atoms with Crippen LogP contribution in [0.5, 0.6) is 0 Å². The van der Waals surface area contributed by atoms with Crippen LogP contribution in [-0.2, 0) is 22.9 Å². The van der Waals surface area contributed by atoms with E-state index in [1.54, 1.807) is 62.4 Å². The summed E-state index contributed by atoms with van der Waals surface area (Å²) in [6.07, 6.45) is 1.19. The highest BCUT2D eigenvalue weighted by atomic mass is 32.2. The minimum absolute atomic E-state index is 0.0288. The first-order valence-corrected chi connectivity index (χ1v) is 10.6. The molecule has 0 heterocycles. The molecule has 2 aromatic rings. The molecule has 2 rings (SSSR count). The number of rotatable bonds is 6. The highest BCUT2D eigenvalue weighted by Crippen LogP contribution is 2.10. The average Bonchev–Trinajstić information content (AvgIpc) is 2.67. The number of carbonyl (C=O) groups is 1. The normalized spacial score (nSPS) is 11.8. The summed E-state index contributed by atoms with van der Waals surface area (Å²) in [5.74, 6) is 0.597. The Bertz CT molecular complexity index is 934. The van der Waals surface area contributed by atoms with E-state index in [9.17, 15) is 13.2 Å². The summed E-state index contributed by atoms with van der Waals surface area (Å²) in [7, 11) is 1.94. The number of carbonyl (C=O) groups excluding carboxylic acids is 1. The quantitative estimate of drug-likeness (QED) is 0.566. The molecule has 1 amide bonds. The molecule has 7 nitrogen and oxygen atoms in total. The Kier molecular flexibility index (Phi) is 7.17. The van der Waals surface area contributed by atoms with Gasteiger partial charge in [-0.3, -0.25) is 9.79 Å². The summed E-state index contributed by atoms with van der Waals surface area (Å²) < 4.78 is 23.0. The molecule has 0 aliphatic heterocycles. The second-order valence-corrected chi connectivity index (χ2v) is 8.61. The molecular weight excluding hydrogens is 376 g/mol. The molecule has 0 aliphatic carbocycles. The van der Waals surface area contributed by atoms with Crippen LogP contribution in [0.4, 0.5) is 0 Å². The molecule has 28 heavy (non-hydrogen) atoms. The van der Waals surface area contributed by atoms with Gasteiger partial charge in [-0.15, -0.1) is 0 Å². The van der Waals surface area contributed by atoms with Crippen LogP contribution in [0.25, 0.3) is 0 Å². The summed E-state index contributed by atoms with van der Waals surface area (Å²) in [6.45, 7) is 1.07. The SMILES string of the molecule is CN=C(NCc1ccc(C(=O)N(C)C)cc1)NCc1ccc(S(C)(=O)=O)cc1. The Morgan fingerprint density at radius 1 is 0.929 bits per heavy atom. The maximum atomic E-state index is 11.9. The van der Waals surface area contributed by atoms with Crippen molar-refractivity contribution in [2.24, 2.45) is 4.99 Å². The van der Waals surface area contributed by atoms with Gasteiger partial charge in [0.25, 0.3) is 5.91 Å². The molecule has 0 atom stereocenters. The van der Waals surface area contributed by atoms with E-state index in [1.807, 2.05) is 12.1 Å². The van der Waals surface area contributed by atoms with Crippen molar-refractivity contribution in [3.8, 4) is 0 Å². The third-order valence-corrected chi connectivity index (χ3v) is 5.23. The number of aliphatic imine (C=N–C) groups is 1. The lowest BCUT2D eigenvalue weighted by Gasteiger charge is -2.13. The van der Waals surface area contributed by atoms with Crippen molar-refractivity contribution in [3.05, 3.63) is 65.2 Å². The summed E-state index contributed by atoms with van der Waals surface area (Å²) >= 11 is 0. The topological polar surface area (TPSA) is 90.9 Å². The Hall–Kier alpha value is -2.87. The standard InChI is InChI=1S/C20H26N4O3S/c1-21-20(23-14-16-7-11-18(12-8-16)28(4,26)27)22-13-15-5-9-17(10-6-15)19(25)24(2)3/h5-12H,13-14H2,1-4H3,(H2,21,22,23). The lowest BCUT2D eigenvalue weighted by Crippen LogP contribution is -2.36. The van der Waals surface area contributed by atoms with E-state index in [4.69, 9.17) is 0 Å². The number of hydrogen-bond acceptors (Lipinski definition) is 4. The number of nitrogens with zero attached hydrogens (tertiary/aromatic N) is 2. The first kappa shape index (κ1) is 21.4. The van der Waals surface area contributed by atoms with Gasteiger partial charge in [-0.05, 0) is 35.4 Å². The Balaban J connectivity index is 1.88. The van der Waals surface area contributed by atoms with Gasteiger partial charge in [0.15, 0.2) is 15.8 Å². The van der Waals surface area contributed by atoms with E-state index in [0.29, 0.717) is 29.5 Å². The number of hydrogen-bond donors (Lipinski definition) is 2. The van der Waals surface area contributed by atoms with Crippen molar-refractivity contribution in [1.82, 2.24) is 15.5 Å². The molecule has 0 saturated carbocycles. The molecule has 0 radical (unpaired) electrons. The largest absolute Gasteiger partial charge is 0.352 e. The molecule has 0 saturated heterocycles. The lowest BCUT2D eigenvalue weighted by atomic mass is 10.1. The van der Waals surface area contributed by atoms with Gasteiger partial charge in [-0.25, -0.2) is 8.42 Å². The minimum atomic E-state index is -3.19. The van der Waals surface area contributed by atoms with E-state index in [2.05, 4.69) is 15.6 Å². The Morgan fingerprint density at radius 3 is 1.79 bits per heavy atom. The van der Waals surface area contributed by atoms with Crippen molar-refractivity contribution in [2.75, 3.05) is 27.4 Å². The molecule has 0 unspecified atom stereocenters. The molecule has 2 aromatic carbocycles.